The first-order valence-corrected chi connectivity index (χ1v) is 8.29. The fourth-order valence-corrected chi connectivity index (χ4v) is 3.64. The predicted octanol–water partition coefficient (Wildman–Crippen LogP) is 2.65. The highest BCUT2D eigenvalue weighted by molar-refractivity contribution is 7.89. The number of benzene rings is 2. The molecule has 1 aliphatic carbocycles. The maximum absolute atomic E-state index is 12.3. The zero-order valence-corrected chi connectivity index (χ0v) is 12.0. The van der Waals surface area contributed by atoms with Crippen molar-refractivity contribution in [1.82, 2.24) is 4.72 Å². The summed E-state index contributed by atoms with van der Waals surface area (Å²) in [4.78, 5) is 0.370. The number of rotatable bonds is 4. The van der Waals surface area contributed by atoms with Crippen molar-refractivity contribution in [3.05, 3.63) is 65.2 Å². The Kier molecular flexibility index (Phi) is 3.59. The van der Waals surface area contributed by atoms with Crippen LogP contribution in [0.5, 0.6) is 0 Å². The number of hydrogen-bond donors (Lipinski definition) is 1. The fourth-order valence-electron chi connectivity index (χ4n) is 2.57. The number of fused-ring (bicyclic) bond motifs is 1. The van der Waals surface area contributed by atoms with E-state index in [1.807, 2.05) is 42.5 Å². The fraction of sp³-hybridized carbons (Fsp3) is 0.250. The van der Waals surface area contributed by atoms with Crippen LogP contribution in [-0.2, 0) is 29.4 Å². The molecule has 0 unspecified atom stereocenters. The maximum atomic E-state index is 12.3. The van der Waals surface area contributed by atoms with Crippen molar-refractivity contribution in [2.45, 2.75) is 30.7 Å². The Morgan fingerprint density at radius 2 is 1.70 bits per heavy atom. The largest absolute Gasteiger partial charge is 0.240 e. The summed E-state index contributed by atoms with van der Waals surface area (Å²) in [5.74, 6) is 0. The summed E-state index contributed by atoms with van der Waals surface area (Å²) in [6.45, 7) is 0.320. The number of nitrogens with one attached hydrogen (secondary N) is 1. The highest BCUT2D eigenvalue weighted by atomic mass is 32.2. The predicted molar refractivity (Wildman–Crippen MR) is 78.9 cm³/mol. The van der Waals surface area contributed by atoms with Gasteiger partial charge in [0.25, 0.3) is 0 Å². The van der Waals surface area contributed by atoms with Crippen LogP contribution in [0.1, 0.15) is 23.1 Å². The van der Waals surface area contributed by atoms with Crippen LogP contribution in [-0.4, -0.2) is 8.42 Å². The van der Waals surface area contributed by atoms with Gasteiger partial charge in [-0.3, -0.25) is 0 Å². The zero-order valence-electron chi connectivity index (χ0n) is 11.2. The van der Waals surface area contributed by atoms with Gasteiger partial charge in [-0.15, -0.1) is 0 Å². The summed E-state index contributed by atoms with van der Waals surface area (Å²) >= 11 is 0. The Balaban J connectivity index is 1.78. The second-order valence-corrected chi connectivity index (χ2v) is 6.86. The SMILES string of the molecule is O=S(=O)(NCc1ccccc1)c1ccc2c(c1)CCC2. The molecule has 4 heteroatoms. The molecule has 1 aliphatic rings. The molecule has 0 radical (unpaired) electrons. The van der Waals surface area contributed by atoms with Gasteiger partial charge in [0.1, 0.15) is 0 Å². The summed E-state index contributed by atoms with van der Waals surface area (Å²) in [5, 5.41) is 0. The highest BCUT2D eigenvalue weighted by Crippen LogP contribution is 2.24. The molecular formula is C16H17NO2S. The van der Waals surface area contributed by atoms with Crippen LogP contribution in [0.15, 0.2) is 53.4 Å². The van der Waals surface area contributed by atoms with Crippen LogP contribution in [0.2, 0.25) is 0 Å². The molecule has 0 spiro atoms. The molecule has 0 saturated carbocycles. The van der Waals surface area contributed by atoms with Crippen LogP contribution < -0.4 is 4.72 Å². The van der Waals surface area contributed by atoms with Gasteiger partial charge < -0.3 is 0 Å². The quantitative estimate of drug-likeness (QED) is 0.939. The van der Waals surface area contributed by atoms with E-state index in [4.69, 9.17) is 0 Å². The molecule has 0 heterocycles. The summed E-state index contributed by atoms with van der Waals surface area (Å²) in [7, 11) is -3.43. The van der Waals surface area contributed by atoms with Gasteiger partial charge in [-0.25, -0.2) is 13.1 Å². The summed E-state index contributed by atoms with van der Waals surface area (Å²) in [6.07, 6.45) is 3.17. The van der Waals surface area contributed by atoms with E-state index in [2.05, 4.69) is 4.72 Å². The van der Waals surface area contributed by atoms with Crippen molar-refractivity contribution in [3.8, 4) is 0 Å². The van der Waals surface area contributed by atoms with Crippen LogP contribution in [0, 0.1) is 0 Å². The Labute approximate surface area is 119 Å². The van der Waals surface area contributed by atoms with E-state index in [1.54, 1.807) is 6.07 Å². The Bertz CT molecular complexity index is 709. The van der Waals surface area contributed by atoms with Crippen molar-refractivity contribution in [2.24, 2.45) is 0 Å². The number of aryl methyl sites for hydroxylation is 2. The van der Waals surface area contributed by atoms with Gasteiger partial charge in [-0.05, 0) is 48.1 Å². The van der Waals surface area contributed by atoms with E-state index in [1.165, 1.54) is 11.1 Å². The van der Waals surface area contributed by atoms with Gasteiger partial charge >= 0.3 is 0 Å². The molecule has 3 rings (SSSR count). The van der Waals surface area contributed by atoms with Crippen molar-refractivity contribution in [2.75, 3.05) is 0 Å². The third-order valence-electron chi connectivity index (χ3n) is 3.69. The normalized spacial score (nSPS) is 14.2. The van der Waals surface area contributed by atoms with Crippen molar-refractivity contribution < 1.29 is 8.42 Å². The molecule has 0 aliphatic heterocycles. The molecule has 3 nitrogen and oxygen atoms in total. The molecule has 1 N–H and O–H groups in total. The second kappa shape index (κ2) is 5.38. The third-order valence-corrected chi connectivity index (χ3v) is 5.09. The van der Waals surface area contributed by atoms with Gasteiger partial charge in [0.15, 0.2) is 0 Å². The average Bonchev–Trinajstić information content (AvgIpc) is 2.94. The molecule has 0 bridgehead atoms. The molecule has 2 aromatic rings. The van der Waals surface area contributed by atoms with Crippen LogP contribution in [0.4, 0.5) is 0 Å². The molecule has 0 fully saturated rings. The minimum absolute atomic E-state index is 0.320. The minimum Gasteiger partial charge on any atom is -0.207 e. The smallest absolute Gasteiger partial charge is 0.207 e. The summed E-state index contributed by atoms with van der Waals surface area (Å²) < 4.78 is 27.2. The number of hydrogen-bond acceptors (Lipinski definition) is 2. The van der Waals surface area contributed by atoms with Crippen LogP contribution >= 0.6 is 0 Å². The lowest BCUT2D eigenvalue weighted by Crippen LogP contribution is -2.23. The third kappa shape index (κ3) is 2.76. The van der Waals surface area contributed by atoms with Crippen LogP contribution in [0.25, 0.3) is 0 Å². The Hall–Kier alpha value is -1.65. The van der Waals surface area contributed by atoms with E-state index in [-0.39, 0.29) is 0 Å². The van der Waals surface area contributed by atoms with Gasteiger partial charge in [0.2, 0.25) is 10.0 Å². The molecule has 0 atom stereocenters. The first-order valence-electron chi connectivity index (χ1n) is 6.80. The lowest BCUT2D eigenvalue weighted by molar-refractivity contribution is 0.581. The average molecular weight is 287 g/mol. The topological polar surface area (TPSA) is 46.2 Å². The Morgan fingerprint density at radius 1 is 0.950 bits per heavy atom. The first-order chi connectivity index (χ1) is 9.65. The summed E-state index contributed by atoms with van der Waals surface area (Å²) in [6, 6.07) is 15.0. The molecule has 104 valence electrons. The lowest BCUT2D eigenvalue weighted by atomic mass is 10.1. The van der Waals surface area contributed by atoms with Gasteiger partial charge in [0, 0.05) is 6.54 Å². The van der Waals surface area contributed by atoms with E-state index in [0.29, 0.717) is 11.4 Å². The lowest BCUT2D eigenvalue weighted by Gasteiger charge is -2.08. The van der Waals surface area contributed by atoms with E-state index in [0.717, 1.165) is 24.8 Å². The van der Waals surface area contributed by atoms with Crippen molar-refractivity contribution in [3.63, 3.8) is 0 Å². The van der Waals surface area contributed by atoms with E-state index < -0.39 is 10.0 Å². The molecule has 0 aromatic heterocycles. The minimum atomic E-state index is -3.43. The van der Waals surface area contributed by atoms with Gasteiger partial charge in [0.05, 0.1) is 4.90 Å². The van der Waals surface area contributed by atoms with Crippen LogP contribution in [0.3, 0.4) is 0 Å². The zero-order chi connectivity index (χ0) is 14.0. The van der Waals surface area contributed by atoms with Crippen molar-refractivity contribution >= 4 is 10.0 Å². The Morgan fingerprint density at radius 3 is 2.50 bits per heavy atom. The molecule has 20 heavy (non-hydrogen) atoms. The molecule has 0 amide bonds. The van der Waals surface area contributed by atoms with Crippen molar-refractivity contribution in [1.29, 1.82) is 0 Å². The highest BCUT2D eigenvalue weighted by Gasteiger charge is 2.18. The molecular weight excluding hydrogens is 270 g/mol. The molecule has 0 saturated heterocycles. The second-order valence-electron chi connectivity index (χ2n) is 5.09. The maximum Gasteiger partial charge on any atom is 0.240 e. The number of sulfonamides is 1. The standard InChI is InChI=1S/C16H17NO2S/c18-20(19,17-12-13-5-2-1-3-6-13)16-10-9-14-7-4-8-15(14)11-16/h1-3,5-6,9-11,17H,4,7-8,12H2. The summed E-state index contributed by atoms with van der Waals surface area (Å²) in [5.41, 5.74) is 3.41. The van der Waals surface area contributed by atoms with Gasteiger partial charge in [-0.2, -0.15) is 0 Å². The molecule has 2 aromatic carbocycles. The van der Waals surface area contributed by atoms with E-state index in [9.17, 15) is 8.42 Å². The van der Waals surface area contributed by atoms with E-state index >= 15 is 0 Å². The first kappa shape index (κ1) is 13.3. The van der Waals surface area contributed by atoms with Gasteiger partial charge in [-0.1, -0.05) is 36.4 Å². The monoisotopic (exact) mass is 287 g/mol.